The Morgan fingerprint density at radius 1 is 0.889 bits per heavy atom. The lowest BCUT2D eigenvalue weighted by Crippen LogP contribution is -2.49. The minimum Gasteiger partial charge on any atom is -0.354 e. The van der Waals surface area contributed by atoms with Gasteiger partial charge in [-0.1, -0.05) is 55.9 Å². The Kier molecular flexibility index (Phi) is 7.34. The average Bonchev–Trinajstić information content (AvgIpc) is 3.05. The first-order chi connectivity index (χ1) is 17.5. The summed E-state index contributed by atoms with van der Waals surface area (Å²) in [6.07, 6.45) is 3.07. The number of aliphatic imine (C=N–C) groups is 1. The van der Waals surface area contributed by atoms with Crippen molar-refractivity contribution in [2.45, 2.75) is 54.9 Å². The Morgan fingerprint density at radius 2 is 1.56 bits per heavy atom. The van der Waals surface area contributed by atoms with Crippen molar-refractivity contribution in [3.63, 3.8) is 0 Å². The molecule has 0 saturated carbocycles. The van der Waals surface area contributed by atoms with Crippen LogP contribution in [0.15, 0.2) is 63.3 Å². The van der Waals surface area contributed by atoms with Gasteiger partial charge in [-0.2, -0.15) is 0 Å². The van der Waals surface area contributed by atoms with E-state index in [0.29, 0.717) is 19.4 Å². The molecule has 2 fully saturated rings. The molecule has 0 aromatic heterocycles. The highest BCUT2D eigenvalue weighted by molar-refractivity contribution is 7.99. The number of carbonyl (C=O) groups excluding carboxylic acids is 2. The SMILES string of the molecule is CCC1(CC)NC(=O)N(CCCCN2CCN(C3=Nc4ccccc4Sc4ccccc43)CC2)C1=O. The molecule has 36 heavy (non-hydrogen) atoms. The first-order valence-corrected chi connectivity index (χ1v) is 13.9. The molecule has 8 heteroatoms. The van der Waals surface area contributed by atoms with Gasteiger partial charge in [0.15, 0.2) is 0 Å². The van der Waals surface area contributed by atoms with Gasteiger partial charge >= 0.3 is 6.03 Å². The number of nitrogens with one attached hydrogen (secondary N) is 1. The van der Waals surface area contributed by atoms with E-state index in [-0.39, 0.29) is 11.9 Å². The van der Waals surface area contributed by atoms with Crippen LogP contribution in [0.2, 0.25) is 0 Å². The van der Waals surface area contributed by atoms with Crippen molar-refractivity contribution >= 4 is 35.2 Å². The summed E-state index contributed by atoms with van der Waals surface area (Å²) >= 11 is 1.79. The Hall–Kier alpha value is -2.84. The third kappa shape index (κ3) is 4.76. The second-order valence-corrected chi connectivity index (χ2v) is 10.8. The van der Waals surface area contributed by atoms with E-state index in [2.05, 4.69) is 63.6 Å². The molecule has 0 bridgehead atoms. The van der Waals surface area contributed by atoms with E-state index in [0.717, 1.165) is 57.1 Å². The van der Waals surface area contributed by atoms with Gasteiger partial charge in [0, 0.05) is 48.1 Å². The summed E-state index contributed by atoms with van der Waals surface area (Å²) in [6.45, 7) is 9.22. The van der Waals surface area contributed by atoms with Gasteiger partial charge < -0.3 is 10.2 Å². The normalized spacial score (nSPS) is 19.4. The van der Waals surface area contributed by atoms with Crippen molar-refractivity contribution in [3.05, 3.63) is 54.1 Å². The fourth-order valence-electron chi connectivity index (χ4n) is 5.31. The number of nitrogens with zero attached hydrogens (tertiary/aromatic N) is 4. The largest absolute Gasteiger partial charge is 0.354 e. The number of rotatable bonds is 7. The van der Waals surface area contributed by atoms with Crippen LogP contribution < -0.4 is 5.32 Å². The first kappa shape index (κ1) is 24.8. The Bertz CT molecular complexity index is 1150. The molecule has 2 saturated heterocycles. The number of para-hydroxylation sites is 1. The summed E-state index contributed by atoms with van der Waals surface area (Å²) in [5, 5.41) is 2.92. The predicted octanol–water partition coefficient (Wildman–Crippen LogP) is 4.74. The number of fused-ring (bicyclic) bond motifs is 2. The van der Waals surface area contributed by atoms with Crippen LogP contribution >= 0.6 is 11.8 Å². The minimum atomic E-state index is -0.703. The minimum absolute atomic E-state index is 0.0599. The van der Waals surface area contributed by atoms with Gasteiger partial charge in [0.2, 0.25) is 0 Å². The number of amides is 3. The number of imide groups is 1. The maximum Gasteiger partial charge on any atom is 0.325 e. The number of carbonyl (C=O) groups is 2. The summed E-state index contributed by atoms with van der Waals surface area (Å²) in [4.78, 5) is 39.0. The third-order valence-electron chi connectivity index (χ3n) is 7.67. The number of amidine groups is 1. The molecule has 3 aliphatic heterocycles. The van der Waals surface area contributed by atoms with Crippen LogP contribution in [0.5, 0.6) is 0 Å². The van der Waals surface area contributed by atoms with Gasteiger partial charge in [-0.05, 0) is 50.4 Å². The van der Waals surface area contributed by atoms with E-state index < -0.39 is 5.54 Å². The molecule has 3 aliphatic rings. The second-order valence-electron chi connectivity index (χ2n) is 9.71. The summed E-state index contributed by atoms with van der Waals surface area (Å²) < 4.78 is 0. The summed E-state index contributed by atoms with van der Waals surface area (Å²) in [5.41, 5.74) is 1.54. The molecule has 0 spiro atoms. The molecule has 2 aromatic rings. The molecule has 5 rings (SSSR count). The molecule has 190 valence electrons. The average molecular weight is 506 g/mol. The quantitative estimate of drug-likeness (QED) is 0.435. The lowest BCUT2D eigenvalue weighted by atomic mass is 9.93. The highest BCUT2D eigenvalue weighted by atomic mass is 32.2. The summed E-state index contributed by atoms with van der Waals surface area (Å²) in [6, 6.07) is 16.7. The number of hydrogen-bond acceptors (Lipinski definition) is 6. The number of benzene rings is 2. The van der Waals surface area contributed by atoms with Crippen molar-refractivity contribution < 1.29 is 9.59 Å². The van der Waals surface area contributed by atoms with Crippen molar-refractivity contribution in [2.24, 2.45) is 4.99 Å². The lowest BCUT2D eigenvalue weighted by Gasteiger charge is -2.36. The summed E-state index contributed by atoms with van der Waals surface area (Å²) in [7, 11) is 0. The van der Waals surface area contributed by atoms with E-state index in [1.54, 1.807) is 11.8 Å². The summed E-state index contributed by atoms with van der Waals surface area (Å²) in [5.74, 6) is 1.01. The molecular formula is C28H35N5O2S. The third-order valence-corrected chi connectivity index (χ3v) is 8.81. The van der Waals surface area contributed by atoms with Crippen LogP contribution in [0.25, 0.3) is 0 Å². The van der Waals surface area contributed by atoms with Gasteiger partial charge in [0.25, 0.3) is 5.91 Å². The zero-order valence-corrected chi connectivity index (χ0v) is 22.0. The molecule has 0 atom stereocenters. The highest BCUT2D eigenvalue weighted by Gasteiger charge is 2.48. The van der Waals surface area contributed by atoms with Gasteiger partial charge in [-0.15, -0.1) is 0 Å². The van der Waals surface area contributed by atoms with Gasteiger partial charge in [0.1, 0.15) is 11.4 Å². The maximum atomic E-state index is 12.8. The second kappa shape index (κ2) is 10.6. The van der Waals surface area contributed by atoms with Crippen LogP contribution in [0, 0.1) is 0 Å². The van der Waals surface area contributed by atoms with Crippen LogP contribution in [0.3, 0.4) is 0 Å². The molecule has 2 aromatic carbocycles. The molecule has 0 aliphatic carbocycles. The standard InChI is InChI=1S/C28H35N5O2S/c1-3-28(4-2)26(34)33(27(35)30-28)16-10-9-15-31-17-19-32(20-18-31)25-21-11-5-7-13-23(21)36-24-14-8-6-12-22(24)29-25/h5-8,11-14H,3-4,9-10,15-20H2,1-2H3,(H,30,35). The van der Waals surface area contributed by atoms with E-state index in [1.165, 1.54) is 20.3 Å². The highest BCUT2D eigenvalue weighted by Crippen LogP contribution is 2.40. The zero-order valence-electron chi connectivity index (χ0n) is 21.2. The van der Waals surface area contributed by atoms with Gasteiger partial charge in [0.05, 0.1) is 5.69 Å². The number of urea groups is 1. The van der Waals surface area contributed by atoms with E-state index in [9.17, 15) is 9.59 Å². The van der Waals surface area contributed by atoms with Crippen molar-refractivity contribution in [2.75, 3.05) is 39.3 Å². The smallest absolute Gasteiger partial charge is 0.325 e. The molecule has 7 nitrogen and oxygen atoms in total. The van der Waals surface area contributed by atoms with E-state index in [1.807, 2.05) is 13.8 Å². The number of hydrogen-bond donors (Lipinski definition) is 1. The lowest BCUT2D eigenvalue weighted by molar-refractivity contribution is -0.131. The fraction of sp³-hybridized carbons (Fsp3) is 0.464. The maximum absolute atomic E-state index is 12.8. The topological polar surface area (TPSA) is 68.2 Å². The van der Waals surface area contributed by atoms with Crippen LogP contribution in [0.1, 0.15) is 45.1 Å². The van der Waals surface area contributed by atoms with Crippen molar-refractivity contribution in [1.29, 1.82) is 0 Å². The number of unbranched alkanes of at least 4 members (excludes halogenated alkanes) is 1. The Morgan fingerprint density at radius 3 is 2.28 bits per heavy atom. The Balaban J connectivity index is 1.15. The van der Waals surface area contributed by atoms with Crippen LogP contribution in [-0.2, 0) is 4.79 Å². The molecule has 3 amide bonds. The monoisotopic (exact) mass is 505 g/mol. The van der Waals surface area contributed by atoms with E-state index in [4.69, 9.17) is 4.99 Å². The van der Waals surface area contributed by atoms with Crippen LogP contribution in [0.4, 0.5) is 10.5 Å². The Labute approximate surface area is 217 Å². The van der Waals surface area contributed by atoms with Crippen molar-refractivity contribution in [3.8, 4) is 0 Å². The van der Waals surface area contributed by atoms with Crippen molar-refractivity contribution in [1.82, 2.24) is 20.0 Å². The van der Waals surface area contributed by atoms with E-state index >= 15 is 0 Å². The fourth-order valence-corrected chi connectivity index (χ4v) is 6.32. The zero-order chi connectivity index (χ0) is 25.1. The molecule has 0 radical (unpaired) electrons. The molecular weight excluding hydrogens is 470 g/mol. The predicted molar refractivity (Wildman–Crippen MR) is 144 cm³/mol. The molecule has 1 N–H and O–H groups in total. The van der Waals surface area contributed by atoms with Crippen LogP contribution in [-0.4, -0.2) is 77.3 Å². The first-order valence-electron chi connectivity index (χ1n) is 13.1. The van der Waals surface area contributed by atoms with Gasteiger partial charge in [-0.3, -0.25) is 14.6 Å². The molecule has 0 unspecified atom stereocenters. The molecule has 3 heterocycles. The number of piperazine rings is 1. The van der Waals surface area contributed by atoms with Gasteiger partial charge in [-0.25, -0.2) is 9.79 Å².